The average molecular weight is 463 g/mol. The fourth-order valence-electron chi connectivity index (χ4n) is 3.65. The summed E-state index contributed by atoms with van der Waals surface area (Å²) >= 11 is 0. The van der Waals surface area contributed by atoms with E-state index in [1.165, 1.54) is 31.4 Å². The number of carbonyl (C=O) groups excluding carboxylic acids is 1. The fourth-order valence-corrected chi connectivity index (χ4v) is 5.35. The average Bonchev–Trinajstić information content (AvgIpc) is 2.79. The molecule has 32 heavy (non-hydrogen) atoms. The maximum atomic E-state index is 13.0. The van der Waals surface area contributed by atoms with E-state index in [2.05, 4.69) is 5.32 Å². The molecule has 1 N–H and O–H groups in total. The first kappa shape index (κ1) is 24.0. The van der Waals surface area contributed by atoms with Crippen LogP contribution in [-0.4, -0.2) is 58.7 Å². The Morgan fingerprint density at radius 3 is 2.47 bits per heavy atom. The number of methoxy groups -OCH3 is 2. The number of amides is 1. The molecular formula is C23H30N2O6S. The molecule has 0 aromatic heterocycles. The van der Waals surface area contributed by atoms with E-state index >= 15 is 0 Å². The number of carbonyl (C=O) groups is 1. The number of nitrogens with one attached hydrogen (secondary N) is 1. The second-order valence-electron chi connectivity index (χ2n) is 7.65. The Kier molecular flexibility index (Phi) is 8.11. The van der Waals surface area contributed by atoms with Crippen LogP contribution in [0.4, 0.5) is 5.69 Å². The lowest BCUT2D eigenvalue weighted by atomic mass is 10.1. The second-order valence-corrected chi connectivity index (χ2v) is 9.54. The molecule has 2 aromatic rings. The van der Waals surface area contributed by atoms with Gasteiger partial charge in [0.05, 0.1) is 18.6 Å². The highest BCUT2D eigenvalue weighted by Gasteiger charge is 2.30. The van der Waals surface area contributed by atoms with Crippen LogP contribution in [-0.2, 0) is 14.8 Å². The number of benzene rings is 2. The third-order valence-corrected chi connectivity index (χ3v) is 7.46. The van der Waals surface area contributed by atoms with E-state index in [4.69, 9.17) is 14.2 Å². The number of hydrogen-bond acceptors (Lipinski definition) is 6. The lowest BCUT2D eigenvalue weighted by Crippen LogP contribution is -2.41. The van der Waals surface area contributed by atoms with Crippen molar-refractivity contribution in [3.63, 3.8) is 0 Å². The Labute approximate surface area is 189 Å². The van der Waals surface area contributed by atoms with Crippen LogP contribution in [0.5, 0.6) is 11.5 Å². The Bertz CT molecular complexity index is 1020. The monoisotopic (exact) mass is 462 g/mol. The number of ether oxygens (including phenoxy) is 3. The van der Waals surface area contributed by atoms with Crippen LogP contribution < -0.4 is 14.8 Å². The minimum absolute atomic E-state index is 0.0212. The molecule has 1 fully saturated rings. The first-order valence-electron chi connectivity index (χ1n) is 10.6. The fraction of sp³-hybridized carbons (Fsp3) is 0.435. The number of rotatable bonds is 9. The van der Waals surface area contributed by atoms with E-state index in [9.17, 15) is 13.2 Å². The zero-order valence-electron chi connectivity index (χ0n) is 18.7. The molecule has 2 aromatic carbocycles. The molecule has 1 atom stereocenters. The summed E-state index contributed by atoms with van der Waals surface area (Å²) in [5.41, 5.74) is 0.885. The zero-order chi connectivity index (χ0) is 23.1. The number of piperidine rings is 1. The smallest absolute Gasteiger partial charge is 0.255 e. The third-order valence-electron chi connectivity index (χ3n) is 5.43. The molecule has 0 bridgehead atoms. The van der Waals surface area contributed by atoms with Crippen LogP contribution in [0.2, 0.25) is 0 Å². The van der Waals surface area contributed by atoms with E-state index in [1.807, 2.05) is 6.92 Å². The van der Waals surface area contributed by atoms with Gasteiger partial charge in [0.25, 0.3) is 5.91 Å². The number of nitrogens with zero attached hydrogens (tertiary/aromatic N) is 1. The summed E-state index contributed by atoms with van der Waals surface area (Å²) in [7, 11) is -0.453. The van der Waals surface area contributed by atoms with Crippen molar-refractivity contribution in [1.29, 1.82) is 0 Å². The van der Waals surface area contributed by atoms with Crippen LogP contribution in [0.3, 0.4) is 0 Å². The molecule has 9 heteroatoms. The Hall–Kier alpha value is -2.62. The van der Waals surface area contributed by atoms with Crippen LogP contribution in [0.15, 0.2) is 47.4 Å². The standard InChI is InChI=1S/C23H30N2O6S/c1-17-6-4-5-13-25(17)32(27,28)20-10-7-18(8-11-20)23(26)24-19-9-12-21(30-3)22(16-19)31-15-14-29-2/h7-12,16-17H,4-6,13-15H2,1-3H3,(H,24,26). The summed E-state index contributed by atoms with van der Waals surface area (Å²) in [6.45, 7) is 3.22. The van der Waals surface area contributed by atoms with E-state index in [-0.39, 0.29) is 16.8 Å². The van der Waals surface area contributed by atoms with E-state index in [1.54, 1.807) is 29.6 Å². The summed E-state index contributed by atoms with van der Waals surface area (Å²) in [6, 6.07) is 11.1. The number of sulfonamides is 1. The molecule has 1 heterocycles. The van der Waals surface area contributed by atoms with Crippen molar-refractivity contribution in [2.75, 3.05) is 39.3 Å². The Balaban J connectivity index is 1.71. The molecule has 0 radical (unpaired) electrons. The topological polar surface area (TPSA) is 94.2 Å². The SMILES string of the molecule is COCCOc1cc(NC(=O)c2ccc(S(=O)(=O)N3CCCCC3C)cc2)ccc1OC. The molecule has 1 aliphatic rings. The second kappa shape index (κ2) is 10.8. The molecule has 174 valence electrons. The molecule has 3 rings (SSSR count). The van der Waals surface area contributed by atoms with Gasteiger partial charge in [-0.3, -0.25) is 4.79 Å². The molecule has 1 aliphatic heterocycles. The van der Waals surface area contributed by atoms with Gasteiger partial charge in [-0.05, 0) is 56.2 Å². The van der Waals surface area contributed by atoms with Gasteiger partial charge in [0, 0.05) is 37.0 Å². The summed E-state index contributed by atoms with van der Waals surface area (Å²) in [5.74, 6) is 0.674. The summed E-state index contributed by atoms with van der Waals surface area (Å²) in [5, 5.41) is 2.80. The van der Waals surface area contributed by atoms with Gasteiger partial charge in [0.2, 0.25) is 10.0 Å². The van der Waals surface area contributed by atoms with Crippen LogP contribution >= 0.6 is 0 Å². The Morgan fingerprint density at radius 2 is 1.81 bits per heavy atom. The van der Waals surface area contributed by atoms with E-state index in [0.29, 0.717) is 42.5 Å². The molecule has 0 saturated carbocycles. The van der Waals surface area contributed by atoms with E-state index in [0.717, 1.165) is 19.3 Å². The zero-order valence-corrected chi connectivity index (χ0v) is 19.5. The van der Waals surface area contributed by atoms with Gasteiger partial charge < -0.3 is 19.5 Å². The predicted molar refractivity (Wildman–Crippen MR) is 122 cm³/mol. The molecule has 1 amide bonds. The minimum Gasteiger partial charge on any atom is -0.493 e. The van der Waals surface area contributed by atoms with Crippen molar-refractivity contribution in [1.82, 2.24) is 4.31 Å². The minimum atomic E-state index is -3.58. The van der Waals surface area contributed by atoms with Crippen LogP contribution in [0.25, 0.3) is 0 Å². The third kappa shape index (κ3) is 5.59. The molecule has 0 aliphatic carbocycles. The highest BCUT2D eigenvalue weighted by Crippen LogP contribution is 2.30. The molecule has 1 saturated heterocycles. The Morgan fingerprint density at radius 1 is 1.06 bits per heavy atom. The van der Waals surface area contributed by atoms with Crippen molar-refractivity contribution in [3.05, 3.63) is 48.0 Å². The molecular weight excluding hydrogens is 432 g/mol. The number of hydrogen-bond donors (Lipinski definition) is 1. The number of anilines is 1. The lowest BCUT2D eigenvalue weighted by molar-refractivity contribution is 0.102. The maximum Gasteiger partial charge on any atom is 0.255 e. The van der Waals surface area contributed by atoms with Crippen molar-refractivity contribution in [2.24, 2.45) is 0 Å². The summed E-state index contributed by atoms with van der Waals surface area (Å²) < 4.78 is 43.4. The van der Waals surface area contributed by atoms with Crippen molar-refractivity contribution < 1.29 is 27.4 Å². The first-order valence-corrected chi connectivity index (χ1v) is 12.0. The van der Waals surface area contributed by atoms with Gasteiger partial charge in [0.1, 0.15) is 6.61 Å². The molecule has 1 unspecified atom stereocenters. The van der Waals surface area contributed by atoms with E-state index < -0.39 is 10.0 Å². The predicted octanol–water partition coefficient (Wildman–Crippen LogP) is 3.54. The maximum absolute atomic E-state index is 13.0. The normalized spacial score (nSPS) is 17.0. The van der Waals surface area contributed by atoms with Crippen molar-refractivity contribution in [2.45, 2.75) is 37.1 Å². The van der Waals surface area contributed by atoms with Crippen molar-refractivity contribution in [3.8, 4) is 11.5 Å². The summed E-state index contributed by atoms with van der Waals surface area (Å²) in [6.07, 6.45) is 2.76. The molecule has 0 spiro atoms. The first-order chi connectivity index (χ1) is 15.4. The van der Waals surface area contributed by atoms with Gasteiger partial charge in [-0.2, -0.15) is 4.31 Å². The summed E-state index contributed by atoms with van der Waals surface area (Å²) in [4.78, 5) is 12.9. The quantitative estimate of drug-likeness (QED) is 0.573. The van der Waals surface area contributed by atoms with Gasteiger partial charge in [-0.25, -0.2) is 8.42 Å². The van der Waals surface area contributed by atoms with Gasteiger partial charge in [-0.1, -0.05) is 6.42 Å². The van der Waals surface area contributed by atoms with Crippen molar-refractivity contribution >= 4 is 21.6 Å². The van der Waals surface area contributed by atoms with Gasteiger partial charge in [-0.15, -0.1) is 0 Å². The largest absolute Gasteiger partial charge is 0.493 e. The highest BCUT2D eigenvalue weighted by molar-refractivity contribution is 7.89. The molecule has 8 nitrogen and oxygen atoms in total. The van der Waals surface area contributed by atoms with Gasteiger partial charge >= 0.3 is 0 Å². The highest BCUT2D eigenvalue weighted by atomic mass is 32.2. The van der Waals surface area contributed by atoms with Gasteiger partial charge in [0.15, 0.2) is 11.5 Å². The van der Waals surface area contributed by atoms with Crippen LogP contribution in [0, 0.1) is 0 Å². The lowest BCUT2D eigenvalue weighted by Gasteiger charge is -2.32. The van der Waals surface area contributed by atoms with Crippen LogP contribution in [0.1, 0.15) is 36.5 Å².